The first-order valence-corrected chi connectivity index (χ1v) is 7.69. The number of fused-ring (bicyclic) bond motifs is 1. The van der Waals surface area contributed by atoms with Crippen LogP contribution < -0.4 is 10.6 Å². The van der Waals surface area contributed by atoms with Gasteiger partial charge in [-0.3, -0.25) is 24.5 Å². The van der Waals surface area contributed by atoms with Crippen molar-refractivity contribution in [2.45, 2.75) is 38.4 Å². The molecule has 1 fully saturated rings. The summed E-state index contributed by atoms with van der Waals surface area (Å²) in [6, 6.07) is 4.05. The van der Waals surface area contributed by atoms with Crippen LogP contribution in [0.3, 0.4) is 0 Å². The lowest BCUT2D eigenvalue weighted by Gasteiger charge is -2.29. The second-order valence-corrected chi connectivity index (χ2v) is 5.91. The SMILES string of the molecule is O=C1CCC(N2Cc3cc(CNC(=O)C(F)F)ccc3C2=O)C(=O)N1. The van der Waals surface area contributed by atoms with Gasteiger partial charge in [-0.15, -0.1) is 0 Å². The first-order valence-electron chi connectivity index (χ1n) is 7.69. The number of amides is 4. The van der Waals surface area contributed by atoms with Crippen LogP contribution in [0.4, 0.5) is 8.78 Å². The summed E-state index contributed by atoms with van der Waals surface area (Å²) in [4.78, 5) is 48.0. The molecule has 0 radical (unpaired) electrons. The first kappa shape index (κ1) is 17.0. The summed E-state index contributed by atoms with van der Waals surface area (Å²) in [5, 5.41) is 4.32. The summed E-state index contributed by atoms with van der Waals surface area (Å²) in [6.07, 6.45) is -2.65. The maximum absolute atomic E-state index is 12.5. The molecule has 0 aliphatic carbocycles. The summed E-state index contributed by atoms with van der Waals surface area (Å²) in [7, 11) is 0. The van der Waals surface area contributed by atoms with Crippen LogP contribution in [0.25, 0.3) is 0 Å². The molecule has 1 saturated heterocycles. The number of alkyl halides is 2. The third kappa shape index (κ3) is 3.35. The quantitative estimate of drug-likeness (QED) is 0.764. The van der Waals surface area contributed by atoms with Gasteiger partial charge in [-0.2, -0.15) is 8.78 Å². The van der Waals surface area contributed by atoms with Gasteiger partial charge in [0.15, 0.2) is 0 Å². The molecular weight excluding hydrogens is 336 g/mol. The van der Waals surface area contributed by atoms with E-state index < -0.39 is 24.3 Å². The highest BCUT2D eigenvalue weighted by Crippen LogP contribution is 2.28. The van der Waals surface area contributed by atoms with Crippen LogP contribution in [0, 0.1) is 0 Å². The predicted octanol–water partition coefficient (Wildman–Crippen LogP) is 0.329. The Hall–Kier alpha value is -2.84. The van der Waals surface area contributed by atoms with Gasteiger partial charge in [-0.25, -0.2) is 0 Å². The summed E-state index contributed by atoms with van der Waals surface area (Å²) in [6.45, 7) is 0.111. The summed E-state index contributed by atoms with van der Waals surface area (Å²) in [5.74, 6) is -2.53. The Kier molecular flexibility index (Phi) is 4.47. The molecule has 0 bridgehead atoms. The number of carbonyl (C=O) groups is 4. The lowest BCUT2D eigenvalue weighted by Crippen LogP contribution is -2.52. The molecule has 1 atom stereocenters. The minimum Gasteiger partial charge on any atom is -0.347 e. The largest absolute Gasteiger partial charge is 0.347 e. The number of carbonyl (C=O) groups excluding carboxylic acids is 4. The van der Waals surface area contributed by atoms with Gasteiger partial charge >= 0.3 is 6.43 Å². The van der Waals surface area contributed by atoms with Crippen LogP contribution in [-0.2, 0) is 27.5 Å². The molecule has 1 unspecified atom stereocenters. The molecule has 0 spiro atoms. The molecule has 132 valence electrons. The van der Waals surface area contributed by atoms with E-state index in [0.29, 0.717) is 16.7 Å². The lowest BCUT2D eigenvalue weighted by atomic mass is 10.0. The van der Waals surface area contributed by atoms with Crippen molar-refractivity contribution in [3.8, 4) is 0 Å². The smallest absolute Gasteiger partial charge is 0.315 e. The van der Waals surface area contributed by atoms with Gasteiger partial charge in [-0.1, -0.05) is 12.1 Å². The number of nitrogens with one attached hydrogen (secondary N) is 2. The number of imide groups is 1. The van der Waals surface area contributed by atoms with Crippen LogP contribution >= 0.6 is 0 Å². The van der Waals surface area contributed by atoms with Gasteiger partial charge in [0.1, 0.15) is 6.04 Å². The Morgan fingerprint density at radius 2 is 2.08 bits per heavy atom. The maximum atomic E-state index is 12.5. The molecule has 2 aliphatic rings. The highest BCUT2D eigenvalue weighted by molar-refractivity contribution is 6.05. The molecule has 0 saturated carbocycles. The number of halogens is 2. The van der Waals surface area contributed by atoms with Gasteiger partial charge in [0.05, 0.1) is 0 Å². The van der Waals surface area contributed by atoms with Gasteiger partial charge in [-0.05, 0) is 23.6 Å². The molecule has 25 heavy (non-hydrogen) atoms. The van der Waals surface area contributed by atoms with Crippen molar-refractivity contribution in [1.82, 2.24) is 15.5 Å². The van der Waals surface area contributed by atoms with E-state index in [2.05, 4.69) is 10.6 Å². The molecule has 2 aliphatic heterocycles. The lowest BCUT2D eigenvalue weighted by molar-refractivity contribution is -0.137. The molecule has 7 nitrogen and oxygen atoms in total. The topological polar surface area (TPSA) is 95.6 Å². The number of nitrogens with zero attached hydrogens (tertiary/aromatic N) is 1. The van der Waals surface area contributed by atoms with Crippen LogP contribution in [0.1, 0.15) is 34.3 Å². The summed E-state index contributed by atoms with van der Waals surface area (Å²) < 4.78 is 24.4. The Balaban J connectivity index is 1.72. The standard InChI is InChI=1S/C16H15F2N3O4/c17-13(18)15(24)19-6-8-1-2-10-9(5-8)7-21(16(10)25)11-3-4-12(22)20-14(11)23/h1-2,5,11,13H,3-4,6-7H2,(H,19,24)(H,20,22,23). The molecule has 4 amide bonds. The Morgan fingerprint density at radius 3 is 2.76 bits per heavy atom. The molecule has 1 aromatic carbocycles. The Morgan fingerprint density at radius 1 is 1.32 bits per heavy atom. The average molecular weight is 351 g/mol. The molecule has 3 rings (SSSR count). The molecule has 2 heterocycles. The zero-order valence-electron chi connectivity index (χ0n) is 13.1. The van der Waals surface area contributed by atoms with Gasteiger partial charge < -0.3 is 10.2 Å². The number of benzene rings is 1. The van der Waals surface area contributed by atoms with Crippen LogP contribution in [0.2, 0.25) is 0 Å². The van der Waals surface area contributed by atoms with Crippen LogP contribution in [0.5, 0.6) is 0 Å². The van der Waals surface area contributed by atoms with Crippen LogP contribution in [-0.4, -0.2) is 41.0 Å². The molecule has 0 aromatic heterocycles. The van der Waals surface area contributed by atoms with Crippen molar-refractivity contribution in [1.29, 1.82) is 0 Å². The minimum absolute atomic E-state index is 0.0803. The minimum atomic E-state index is -3.08. The molecule has 9 heteroatoms. The van der Waals surface area contributed by atoms with Crippen molar-refractivity contribution < 1.29 is 28.0 Å². The van der Waals surface area contributed by atoms with E-state index in [1.54, 1.807) is 18.2 Å². The fraction of sp³-hybridized carbons (Fsp3) is 0.375. The van der Waals surface area contributed by atoms with Gasteiger partial charge in [0, 0.05) is 25.1 Å². The van der Waals surface area contributed by atoms with E-state index in [-0.39, 0.29) is 37.7 Å². The highest BCUT2D eigenvalue weighted by Gasteiger charge is 2.39. The maximum Gasteiger partial charge on any atom is 0.315 e. The number of rotatable bonds is 4. The van der Waals surface area contributed by atoms with E-state index in [0.717, 1.165) is 0 Å². The van der Waals surface area contributed by atoms with E-state index in [9.17, 15) is 28.0 Å². The fourth-order valence-electron chi connectivity index (χ4n) is 3.00. The molecule has 2 N–H and O–H groups in total. The van der Waals surface area contributed by atoms with Gasteiger partial charge in [0.2, 0.25) is 11.8 Å². The van der Waals surface area contributed by atoms with E-state index in [1.165, 1.54) is 4.90 Å². The monoisotopic (exact) mass is 351 g/mol. The summed E-state index contributed by atoms with van der Waals surface area (Å²) >= 11 is 0. The van der Waals surface area contributed by atoms with Crippen molar-refractivity contribution >= 4 is 23.6 Å². The van der Waals surface area contributed by atoms with E-state index in [4.69, 9.17) is 0 Å². The van der Waals surface area contributed by atoms with Crippen LogP contribution in [0.15, 0.2) is 18.2 Å². The fourth-order valence-corrected chi connectivity index (χ4v) is 3.00. The highest BCUT2D eigenvalue weighted by atomic mass is 19.3. The number of hydrogen-bond acceptors (Lipinski definition) is 4. The van der Waals surface area contributed by atoms with E-state index in [1.807, 2.05) is 0 Å². The molecular formula is C16H15F2N3O4. The summed E-state index contributed by atoms with van der Waals surface area (Å²) in [5.41, 5.74) is 1.65. The normalized spacial score (nSPS) is 19.9. The third-order valence-corrected chi connectivity index (χ3v) is 4.25. The zero-order chi connectivity index (χ0) is 18.1. The van der Waals surface area contributed by atoms with E-state index >= 15 is 0 Å². The van der Waals surface area contributed by atoms with Gasteiger partial charge in [0.25, 0.3) is 11.8 Å². The second-order valence-electron chi connectivity index (χ2n) is 5.91. The van der Waals surface area contributed by atoms with Crippen molar-refractivity contribution in [2.75, 3.05) is 0 Å². The third-order valence-electron chi connectivity index (χ3n) is 4.25. The Labute approximate surface area is 141 Å². The molecule has 1 aromatic rings. The predicted molar refractivity (Wildman–Crippen MR) is 80.3 cm³/mol. The average Bonchev–Trinajstić information content (AvgIpc) is 2.88. The van der Waals surface area contributed by atoms with Crippen molar-refractivity contribution in [3.63, 3.8) is 0 Å². The second kappa shape index (κ2) is 6.58. The number of piperidine rings is 1. The van der Waals surface area contributed by atoms with Crippen molar-refractivity contribution in [3.05, 3.63) is 34.9 Å². The first-order chi connectivity index (χ1) is 11.9. The number of hydrogen-bond donors (Lipinski definition) is 2. The Bertz CT molecular complexity index is 766. The zero-order valence-corrected chi connectivity index (χ0v) is 13.1. The van der Waals surface area contributed by atoms with Crippen molar-refractivity contribution in [2.24, 2.45) is 0 Å².